The van der Waals surface area contributed by atoms with E-state index < -0.39 is 0 Å². The van der Waals surface area contributed by atoms with Gasteiger partial charge in [0.05, 0.1) is 0 Å². The van der Waals surface area contributed by atoms with Gasteiger partial charge in [-0.1, -0.05) is 35.0 Å². The lowest BCUT2D eigenvalue weighted by molar-refractivity contribution is 0.240. The molecule has 0 bridgehead atoms. The molecule has 0 aliphatic heterocycles. The molecule has 0 N–H and O–H groups in total. The third kappa shape index (κ3) is 4.52. The molecular weight excluding hydrogens is 324 g/mol. The fraction of sp³-hybridized carbons (Fsp3) is 0.222. The predicted molar refractivity (Wildman–Crippen MR) is 93.3 cm³/mol. The molecule has 0 saturated heterocycles. The maximum Gasteiger partial charge on any atom is 0.264 e. The minimum atomic E-state index is 0.216. The molecule has 0 radical (unpaired) electrons. The predicted octanol–water partition coefficient (Wildman–Crippen LogP) is 3.97. The van der Waals surface area contributed by atoms with E-state index in [2.05, 4.69) is 22.8 Å². The van der Waals surface area contributed by atoms with Gasteiger partial charge < -0.3 is 14.0 Å². The maximum absolute atomic E-state index is 5.65. The largest absolute Gasteiger partial charge is 0.485 e. The number of thiol groups is 1. The zero-order chi connectivity index (χ0) is 16.8. The standard InChI is InChI=1S/C18H18N2O3S/c1-13-5-7-15(8-6-13)21-10-17-19-18(23-20-17)11-22-16-4-2-3-14(9-16)12-24/h2-9,24H,10-12H2,1H3. The molecule has 0 unspecified atom stereocenters. The van der Waals surface area contributed by atoms with Crippen LogP contribution < -0.4 is 9.47 Å². The summed E-state index contributed by atoms with van der Waals surface area (Å²) in [6, 6.07) is 15.5. The molecular formula is C18H18N2O3S. The van der Waals surface area contributed by atoms with E-state index >= 15 is 0 Å². The van der Waals surface area contributed by atoms with Gasteiger partial charge in [-0.3, -0.25) is 0 Å². The molecule has 0 fully saturated rings. The Hall–Kier alpha value is -2.47. The van der Waals surface area contributed by atoms with Crippen LogP contribution in [-0.2, 0) is 19.0 Å². The van der Waals surface area contributed by atoms with E-state index in [9.17, 15) is 0 Å². The normalized spacial score (nSPS) is 10.6. The number of hydrogen-bond acceptors (Lipinski definition) is 6. The molecule has 3 aromatic rings. The highest BCUT2D eigenvalue weighted by atomic mass is 32.1. The van der Waals surface area contributed by atoms with E-state index in [-0.39, 0.29) is 13.2 Å². The number of nitrogens with zero attached hydrogens (tertiary/aromatic N) is 2. The van der Waals surface area contributed by atoms with Crippen molar-refractivity contribution in [2.24, 2.45) is 0 Å². The summed E-state index contributed by atoms with van der Waals surface area (Å²) in [7, 11) is 0. The smallest absolute Gasteiger partial charge is 0.264 e. The highest BCUT2D eigenvalue weighted by molar-refractivity contribution is 7.79. The highest BCUT2D eigenvalue weighted by Gasteiger charge is 2.08. The maximum atomic E-state index is 5.65. The summed E-state index contributed by atoms with van der Waals surface area (Å²) in [4.78, 5) is 4.26. The van der Waals surface area contributed by atoms with Crippen LogP contribution in [0.5, 0.6) is 11.5 Å². The monoisotopic (exact) mass is 342 g/mol. The van der Waals surface area contributed by atoms with Crippen LogP contribution in [0.1, 0.15) is 22.8 Å². The number of hydrogen-bond donors (Lipinski definition) is 1. The molecule has 0 aliphatic rings. The van der Waals surface area contributed by atoms with E-state index in [4.69, 9.17) is 14.0 Å². The van der Waals surface area contributed by atoms with Crippen molar-refractivity contribution in [3.63, 3.8) is 0 Å². The third-order valence-corrected chi connectivity index (χ3v) is 3.71. The Morgan fingerprint density at radius 2 is 1.79 bits per heavy atom. The van der Waals surface area contributed by atoms with Gasteiger partial charge in [0, 0.05) is 5.75 Å². The van der Waals surface area contributed by atoms with Crippen LogP contribution in [0.2, 0.25) is 0 Å². The Labute approximate surface area is 146 Å². The van der Waals surface area contributed by atoms with Gasteiger partial charge in [-0.2, -0.15) is 17.6 Å². The molecule has 24 heavy (non-hydrogen) atoms. The fourth-order valence-corrected chi connectivity index (χ4v) is 2.27. The number of benzene rings is 2. The SMILES string of the molecule is Cc1ccc(OCc2noc(COc3cccc(CS)c3)n2)cc1. The molecule has 5 nitrogen and oxygen atoms in total. The van der Waals surface area contributed by atoms with Crippen molar-refractivity contribution in [3.8, 4) is 11.5 Å². The van der Waals surface area contributed by atoms with Crippen molar-refractivity contribution in [1.82, 2.24) is 10.1 Å². The first kappa shape index (κ1) is 16.4. The summed E-state index contributed by atoms with van der Waals surface area (Å²) in [6.45, 7) is 2.50. The Morgan fingerprint density at radius 1 is 1.00 bits per heavy atom. The minimum absolute atomic E-state index is 0.216. The number of aromatic nitrogens is 2. The summed E-state index contributed by atoms with van der Waals surface area (Å²) in [5.41, 5.74) is 2.27. The Kier molecular flexibility index (Phi) is 5.38. The lowest BCUT2D eigenvalue weighted by Gasteiger charge is -2.04. The van der Waals surface area contributed by atoms with Gasteiger partial charge in [-0.25, -0.2) is 0 Å². The quantitative estimate of drug-likeness (QED) is 0.659. The molecule has 1 heterocycles. The zero-order valence-corrected chi connectivity index (χ0v) is 14.2. The van der Waals surface area contributed by atoms with Gasteiger partial charge >= 0.3 is 0 Å². The van der Waals surface area contributed by atoms with Crippen LogP contribution in [0.4, 0.5) is 0 Å². The van der Waals surface area contributed by atoms with Crippen molar-refractivity contribution in [1.29, 1.82) is 0 Å². The first-order valence-corrected chi connectivity index (χ1v) is 8.20. The molecule has 0 amide bonds. The molecule has 124 valence electrons. The average Bonchev–Trinajstić information content (AvgIpc) is 3.08. The number of ether oxygens (including phenoxy) is 2. The second-order valence-electron chi connectivity index (χ2n) is 5.30. The summed E-state index contributed by atoms with van der Waals surface area (Å²) >= 11 is 4.25. The molecule has 0 saturated carbocycles. The van der Waals surface area contributed by atoms with Crippen LogP contribution in [-0.4, -0.2) is 10.1 Å². The van der Waals surface area contributed by atoms with Gasteiger partial charge in [0.2, 0.25) is 5.82 Å². The van der Waals surface area contributed by atoms with Gasteiger partial charge in [0.1, 0.15) is 11.5 Å². The van der Waals surface area contributed by atoms with Crippen LogP contribution in [0.25, 0.3) is 0 Å². The van der Waals surface area contributed by atoms with E-state index in [0.29, 0.717) is 17.5 Å². The summed E-state index contributed by atoms with van der Waals surface area (Å²) in [5.74, 6) is 3.08. The van der Waals surface area contributed by atoms with E-state index in [1.54, 1.807) is 0 Å². The number of aryl methyl sites for hydroxylation is 1. The van der Waals surface area contributed by atoms with Crippen molar-refractivity contribution in [3.05, 3.63) is 71.4 Å². The van der Waals surface area contributed by atoms with Gasteiger partial charge in [-0.05, 0) is 36.8 Å². The topological polar surface area (TPSA) is 57.4 Å². The molecule has 2 aromatic carbocycles. The Bertz CT molecular complexity index is 787. The third-order valence-electron chi connectivity index (χ3n) is 3.34. The van der Waals surface area contributed by atoms with Gasteiger partial charge in [0.15, 0.2) is 13.2 Å². The van der Waals surface area contributed by atoms with Crippen LogP contribution in [0.3, 0.4) is 0 Å². The lowest BCUT2D eigenvalue weighted by atomic mass is 10.2. The van der Waals surface area contributed by atoms with Crippen molar-refractivity contribution < 1.29 is 14.0 Å². The van der Waals surface area contributed by atoms with E-state index in [1.165, 1.54) is 5.56 Å². The Balaban J connectivity index is 1.52. The van der Waals surface area contributed by atoms with Crippen molar-refractivity contribution in [2.75, 3.05) is 0 Å². The highest BCUT2D eigenvalue weighted by Crippen LogP contribution is 2.16. The lowest BCUT2D eigenvalue weighted by Crippen LogP contribution is -1.99. The molecule has 1 aromatic heterocycles. The van der Waals surface area contributed by atoms with Crippen LogP contribution >= 0.6 is 12.6 Å². The van der Waals surface area contributed by atoms with E-state index in [0.717, 1.165) is 17.1 Å². The molecule has 0 aliphatic carbocycles. The molecule has 0 atom stereocenters. The van der Waals surface area contributed by atoms with E-state index in [1.807, 2.05) is 55.5 Å². The van der Waals surface area contributed by atoms with Crippen molar-refractivity contribution in [2.45, 2.75) is 25.9 Å². The number of rotatable bonds is 7. The molecule has 3 rings (SSSR count). The summed E-state index contributed by atoms with van der Waals surface area (Å²) < 4.78 is 16.4. The van der Waals surface area contributed by atoms with Gasteiger partial charge in [0.25, 0.3) is 5.89 Å². The van der Waals surface area contributed by atoms with Gasteiger partial charge in [-0.15, -0.1) is 0 Å². The van der Waals surface area contributed by atoms with Crippen molar-refractivity contribution >= 4 is 12.6 Å². The summed E-state index contributed by atoms with van der Waals surface area (Å²) in [5, 5.41) is 3.89. The first-order valence-electron chi connectivity index (χ1n) is 7.56. The molecule has 6 heteroatoms. The summed E-state index contributed by atoms with van der Waals surface area (Å²) in [6.07, 6.45) is 0. The fourth-order valence-electron chi connectivity index (χ4n) is 2.07. The van der Waals surface area contributed by atoms with Crippen LogP contribution in [0.15, 0.2) is 53.1 Å². The Morgan fingerprint density at radius 3 is 2.58 bits per heavy atom. The second-order valence-corrected chi connectivity index (χ2v) is 5.62. The minimum Gasteiger partial charge on any atom is -0.485 e. The van der Waals surface area contributed by atoms with Crippen LogP contribution in [0, 0.1) is 6.92 Å². The molecule has 0 spiro atoms. The second kappa shape index (κ2) is 7.88. The first-order chi connectivity index (χ1) is 11.7. The average molecular weight is 342 g/mol. The zero-order valence-electron chi connectivity index (χ0n) is 13.3.